The first-order chi connectivity index (χ1) is 11.2. The number of likely N-dealkylation sites (tertiary alicyclic amines) is 1. The Hall–Kier alpha value is -2.34. The number of rotatable bonds is 5. The van der Waals surface area contributed by atoms with Gasteiger partial charge in [-0.1, -0.05) is 12.1 Å². The zero-order chi connectivity index (χ0) is 16.1. The van der Waals surface area contributed by atoms with E-state index >= 15 is 0 Å². The van der Waals surface area contributed by atoms with Crippen molar-refractivity contribution in [3.05, 3.63) is 54.2 Å². The molecular weight excluding hydrogens is 297 g/mol. The summed E-state index contributed by atoms with van der Waals surface area (Å²) in [4.78, 5) is 14.3. The van der Waals surface area contributed by atoms with Gasteiger partial charge in [-0.25, -0.2) is 9.18 Å². The number of hydrogen-bond acceptors (Lipinski definition) is 3. The van der Waals surface area contributed by atoms with Crippen LogP contribution in [0.15, 0.2) is 47.1 Å². The largest absolute Gasteiger partial charge is 0.468 e. The minimum Gasteiger partial charge on any atom is -0.468 e. The van der Waals surface area contributed by atoms with Crippen molar-refractivity contribution in [1.82, 2.24) is 10.2 Å². The minimum atomic E-state index is -0.454. The monoisotopic (exact) mass is 317 g/mol. The standard InChI is InChI=1S/C17H20FN3O2/c18-13-6-1-2-7-14(13)20-17(22)19-12-15(16-8-5-11-23-16)21-9-3-4-10-21/h1-2,5-8,11,15H,3-4,9-10,12H2,(H2,19,20,22). The summed E-state index contributed by atoms with van der Waals surface area (Å²) in [5.41, 5.74) is 0.167. The second-order valence-corrected chi connectivity index (χ2v) is 5.59. The van der Waals surface area contributed by atoms with Crippen LogP contribution in [0.25, 0.3) is 0 Å². The number of carbonyl (C=O) groups excluding carboxylic acids is 1. The van der Waals surface area contributed by atoms with Crippen molar-refractivity contribution in [3.8, 4) is 0 Å². The van der Waals surface area contributed by atoms with Crippen molar-refractivity contribution >= 4 is 11.7 Å². The molecule has 0 aliphatic carbocycles. The van der Waals surface area contributed by atoms with Crippen LogP contribution in [0, 0.1) is 5.82 Å². The van der Waals surface area contributed by atoms with E-state index in [2.05, 4.69) is 15.5 Å². The summed E-state index contributed by atoms with van der Waals surface area (Å²) >= 11 is 0. The van der Waals surface area contributed by atoms with Crippen molar-refractivity contribution in [2.75, 3.05) is 25.0 Å². The van der Waals surface area contributed by atoms with Gasteiger partial charge in [0.15, 0.2) is 0 Å². The molecule has 2 N–H and O–H groups in total. The predicted molar refractivity (Wildman–Crippen MR) is 85.7 cm³/mol. The van der Waals surface area contributed by atoms with Crippen LogP contribution in [0.2, 0.25) is 0 Å². The van der Waals surface area contributed by atoms with Crippen molar-refractivity contribution in [3.63, 3.8) is 0 Å². The molecular formula is C17H20FN3O2. The van der Waals surface area contributed by atoms with E-state index in [1.807, 2.05) is 12.1 Å². The second-order valence-electron chi connectivity index (χ2n) is 5.59. The number of nitrogens with one attached hydrogen (secondary N) is 2. The van der Waals surface area contributed by atoms with Gasteiger partial charge in [-0.15, -0.1) is 0 Å². The van der Waals surface area contributed by atoms with Crippen LogP contribution in [0.3, 0.4) is 0 Å². The molecule has 6 heteroatoms. The number of anilines is 1. The Kier molecular flexibility index (Phi) is 4.92. The van der Waals surface area contributed by atoms with E-state index < -0.39 is 11.8 Å². The quantitative estimate of drug-likeness (QED) is 0.889. The van der Waals surface area contributed by atoms with Gasteiger partial charge in [0.1, 0.15) is 11.6 Å². The van der Waals surface area contributed by atoms with E-state index in [9.17, 15) is 9.18 Å². The number of halogens is 1. The normalized spacial score (nSPS) is 16.2. The molecule has 1 aliphatic rings. The molecule has 2 aromatic rings. The number of urea groups is 1. The molecule has 0 bridgehead atoms. The maximum absolute atomic E-state index is 13.6. The zero-order valence-corrected chi connectivity index (χ0v) is 12.8. The Labute approximate surface area is 134 Å². The SMILES string of the molecule is O=C(NCC(c1ccco1)N1CCCC1)Nc1ccccc1F. The number of benzene rings is 1. The zero-order valence-electron chi connectivity index (χ0n) is 12.8. The molecule has 1 atom stereocenters. The van der Waals surface area contributed by atoms with Gasteiger partial charge < -0.3 is 15.1 Å². The Morgan fingerprint density at radius 1 is 1.22 bits per heavy atom. The smallest absolute Gasteiger partial charge is 0.319 e. The molecule has 1 aromatic carbocycles. The Morgan fingerprint density at radius 3 is 2.70 bits per heavy atom. The Balaban J connectivity index is 1.60. The lowest BCUT2D eigenvalue weighted by Crippen LogP contribution is -2.38. The average molecular weight is 317 g/mol. The Morgan fingerprint density at radius 2 is 2.00 bits per heavy atom. The lowest BCUT2D eigenvalue weighted by atomic mass is 10.2. The molecule has 1 fully saturated rings. The average Bonchev–Trinajstić information content (AvgIpc) is 3.23. The number of amides is 2. The van der Waals surface area contributed by atoms with E-state index in [1.165, 1.54) is 12.1 Å². The third-order valence-electron chi connectivity index (χ3n) is 4.03. The Bertz CT molecular complexity index is 639. The molecule has 0 saturated carbocycles. The highest BCUT2D eigenvalue weighted by Gasteiger charge is 2.25. The summed E-state index contributed by atoms with van der Waals surface area (Å²) in [6.07, 6.45) is 3.94. The number of carbonyl (C=O) groups is 1. The highest BCUT2D eigenvalue weighted by molar-refractivity contribution is 5.89. The predicted octanol–water partition coefficient (Wildman–Crippen LogP) is 3.38. The van der Waals surface area contributed by atoms with E-state index in [-0.39, 0.29) is 11.7 Å². The van der Waals surface area contributed by atoms with Gasteiger partial charge in [-0.3, -0.25) is 4.90 Å². The number of hydrogen-bond donors (Lipinski definition) is 2. The minimum absolute atomic E-state index is 0.00105. The fourth-order valence-electron chi connectivity index (χ4n) is 2.86. The first kappa shape index (κ1) is 15.6. The number of nitrogens with zero attached hydrogens (tertiary/aromatic N) is 1. The van der Waals surface area contributed by atoms with Crippen LogP contribution < -0.4 is 10.6 Å². The molecule has 1 saturated heterocycles. The molecule has 0 radical (unpaired) electrons. The van der Waals surface area contributed by atoms with Gasteiger partial charge in [0.05, 0.1) is 18.0 Å². The maximum Gasteiger partial charge on any atom is 0.319 e. The highest BCUT2D eigenvalue weighted by atomic mass is 19.1. The summed E-state index contributed by atoms with van der Waals surface area (Å²) < 4.78 is 19.1. The molecule has 1 aliphatic heterocycles. The second kappa shape index (κ2) is 7.28. The van der Waals surface area contributed by atoms with Crippen LogP contribution in [0.5, 0.6) is 0 Å². The highest BCUT2D eigenvalue weighted by Crippen LogP contribution is 2.24. The summed E-state index contributed by atoms with van der Waals surface area (Å²) in [7, 11) is 0. The summed E-state index contributed by atoms with van der Waals surface area (Å²) in [5, 5.41) is 5.33. The lowest BCUT2D eigenvalue weighted by Gasteiger charge is -2.26. The third-order valence-corrected chi connectivity index (χ3v) is 4.03. The number of para-hydroxylation sites is 1. The molecule has 5 nitrogen and oxygen atoms in total. The third kappa shape index (κ3) is 3.90. The summed E-state index contributed by atoms with van der Waals surface area (Å²) in [5.74, 6) is 0.378. The van der Waals surface area contributed by atoms with Crippen molar-refractivity contribution < 1.29 is 13.6 Å². The van der Waals surface area contributed by atoms with Gasteiger partial charge in [0.2, 0.25) is 0 Å². The van der Waals surface area contributed by atoms with Crippen LogP contribution >= 0.6 is 0 Å². The summed E-state index contributed by atoms with van der Waals surface area (Å²) in [6, 6.07) is 9.43. The van der Waals surface area contributed by atoms with Crippen molar-refractivity contribution in [2.24, 2.45) is 0 Å². The first-order valence-electron chi connectivity index (χ1n) is 7.81. The molecule has 122 valence electrons. The molecule has 1 unspecified atom stereocenters. The van der Waals surface area contributed by atoms with E-state index in [4.69, 9.17) is 4.42 Å². The molecule has 0 spiro atoms. The molecule has 1 aromatic heterocycles. The fourth-order valence-corrected chi connectivity index (χ4v) is 2.86. The van der Waals surface area contributed by atoms with Crippen LogP contribution in [-0.2, 0) is 0 Å². The maximum atomic E-state index is 13.6. The number of furan rings is 1. The molecule has 2 amide bonds. The molecule has 23 heavy (non-hydrogen) atoms. The van der Waals surface area contributed by atoms with Gasteiger partial charge in [0.25, 0.3) is 0 Å². The van der Waals surface area contributed by atoms with Crippen molar-refractivity contribution in [2.45, 2.75) is 18.9 Å². The summed E-state index contributed by atoms with van der Waals surface area (Å²) in [6.45, 7) is 2.39. The first-order valence-corrected chi connectivity index (χ1v) is 7.81. The van der Waals surface area contributed by atoms with Gasteiger partial charge in [-0.2, -0.15) is 0 Å². The van der Waals surface area contributed by atoms with Gasteiger partial charge >= 0.3 is 6.03 Å². The van der Waals surface area contributed by atoms with Gasteiger partial charge in [-0.05, 0) is 50.2 Å². The topological polar surface area (TPSA) is 57.5 Å². The van der Waals surface area contributed by atoms with Crippen LogP contribution in [0.1, 0.15) is 24.6 Å². The van der Waals surface area contributed by atoms with E-state index in [0.29, 0.717) is 6.54 Å². The van der Waals surface area contributed by atoms with E-state index in [0.717, 1.165) is 31.7 Å². The lowest BCUT2D eigenvalue weighted by molar-refractivity contribution is 0.206. The van der Waals surface area contributed by atoms with Crippen molar-refractivity contribution in [1.29, 1.82) is 0 Å². The molecule has 3 rings (SSSR count). The van der Waals surface area contributed by atoms with Gasteiger partial charge in [0, 0.05) is 6.54 Å². The van der Waals surface area contributed by atoms with Crippen LogP contribution in [-0.4, -0.2) is 30.6 Å². The van der Waals surface area contributed by atoms with E-state index in [1.54, 1.807) is 18.4 Å². The fraction of sp³-hybridized carbons (Fsp3) is 0.353. The molecule has 2 heterocycles. The van der Waals surface area contributed by atoms with Crippen LogP contribution in [0.4, 0.5) is 14.9 Å².